The monoisotopic (exact) mass is 310 g/mol. The molecule has 0 aliphatic rings. The zero-order chi connectivity index (χ0) is 13.3. The molecule has 0 spiro atoms. The summed E-state index contributed by atoms with van der Waals surface area (Å²) < 4.78 is 26.6. The van der Waals surface area contributed by atoms with E-state index in [1.54, 1.807) is 0 Å². The van der Waals surface area contributed by atoms with Gasteiger partial charge >= 0.3 is 0 Å². The number of halogens is 3. The van der Waals surface area contributed by atoms with Gasteiger partial charge in [-0.1, -0.05) is 40.2 Å². The third kappa shape index (κ3) is 2.61. The third-order valence-corrected chi connectivity index (χ3v) is 4.08. The number of aryl methyl sites for hydroxylation is 2. The van der Waals surface area contributed by atoms with E-state index in [-0.39, 0.29) is 4.83 Å². The molecular formula is C15H13BrF2. The Labute approximate surface area is 114 Å². The lowest BCUT2D eigenvalue weighted by Gasteiger charge is -2.13. The highest BCUT2D eigenvalue weighted by Gasteiger charge is 2.15. The first kappa shape index (κ1) is 13.2. The average Bonchev–Trinajstić information content (AvgIpc) is 2.32. The maximum Gasteiger partial charge on any atom is 0.130 e. The molecule has 0 nitrogen and oxygen atoms in total. The minimum absolute atomic E-state index is 0.266. The van der Waals surface area contributed by atoms with E-state index in [9.17, 15) is 8.78 Å². The van der Waals surface area contributed by atoms with E-state index >= 15 is 0 Å². The van der Waals surface area contributed by atoms with Crippen LogP contribution in [-0.4, -0.2) is 0 Å². The van der Waals surface area contributed by atoms with E-state index in [0.717, 1.165) is 17.2 Å². The summed E-state index contributed by atoms with van der Waals surface area (Å²) in [5.74, 6) is -1.09. The van der Waals surface area contributed by atoms with Crippen molar-refractivity contribution in [3.63, 3.8) is 0 Å². The van der Waals surface area contributed by atoms with Gasteiger partial charge < -0.3 is 0 Å². The van der Waals surface area contributed by atoms with Crippen LogP contribution >= 0.6 is 15.9 Å². The SMILES string of the molecule is Cc1ccc(C(Br)c2ccc(F)cc2F)cc1C. The van der Waals surface area contributed by atoms with Gasteiger partial charge in [0.15, 0.2) is 0 Å². The van der Waals surface area contributed by atoms with Gasteiger partial charge in [0, 0.05) is 11.6 Å². The summed E-state index contributed by atoms with van der Waals surface area (Å²) in [6.45, 7) is 4.04. The van der Waals surface area contributed by atoms with Crippen LogP contribution in [0.2, 0.25) is 0 Å². The van der Waals surface area contributed by atoms with Gasteiger partial charge in [0.05, 0.1) is 4.83 Å². The van der Waals surface area contributed by atoms with Crippen molar-refractivity contribution in [3.05, 3.63) is 70.3 Å². The first-order valence-corrected chi connectivity index (χ1v) is 6.57. The van der Waals surface area contributed by atoms with Crippen LogP contribution in [0.4, 0.5) is 8.78 Å². The van der Waals surface area contributed by atoms with E-state index in [1.165, 1.54) is 17.7 Å². The molecule has 2 aromatic rings. The molecule has 0 N–H and O–H groups in total. The maximum atomic E-state index is 13.7. The van der Waals surface area contributed by atoms with Crippen molar-refractivity contribution in [2.24, 2.45) is 0 Å². The molecule has 3 heteroatoms. The van der Waals surface area contributed by atoms with Crippen LogP contribution in [-0.2, 0) is 0 Å². The Morgan fingerprint density at radius 3 is 2.28 bits per heavy atom. The summed E-state index contributed by atoms with van der Waals surface area (Å²) >= 11 is 3.47. The summed E-state index contributed by atoms with van der Waals surface area (Å²) in [7, 11) is 0. The smallest absolute Gasteiger partial charge is 0.130 e. The predicted octanol–water partition coefficient (Wildman–Crippen LogP) is 5.07. The van der Waals surface area contributed by atoms with Crippen molar-refractivity contribution < 1.29 is 8.78 Å². The molecule has 0 aromatic heterocycles. The second-order valence-electron chi connectivity index (χ2n) is 4.37. The Kier molecular flexibility index (Phi) is 3.81. The van der Waals surface area contributed by atoms with Crippen LogP contribution in [0.5, 0.6) is 0 Å². The molecule has 1 unspecified atom stereocenters. The third-order valence-electron chi connectivity index (χ3n) is 3.06. The lowest BCUT2D eigenvalue weighted by Crippen LogP contribution is -1.98. The van der Waals surface area contributed by atoms with Gasteiger partial charge in [-0.15, -0.1) is 0 Å². The van der Waals surface area contributed by atoms with Crippen LogP contribution in [0.1, 0.15) is 27.1 Å². The zero-order valence-electron chi connectivity index (χ0n) is 10.2. The van der Waals surface area contributed by atoms with Gasteiger partial charge in [-0.25, -0.2) is 8.78 Å². The summed E-state index contributed by atoms with van der Waals surface area (Å²) in [5.41, 5.74) is 3.75. The van der Waals surface area contributed by atoms with Crippen LogP contribution < -0.4 is 0 Å². The van der Waals surface area contributed by atoms with Crippen LogP contribution in [0.3, 0.4) is 0 Å². The van der Waals surface area contributed by atoms with E-state index in [4.69, 9.17) is 0 Å². The molecule has 0 aliphatic heterocycles. The number of benzene rings is 2. The molecule has 1 atom stereocenters. The van der Waals surface area contributed by atoms with Crippen molar-refractivity contribution in [1.29, 1.82) is 0 Å². The van der Waals surface area contributed by atoms with Crippen molar-refractivity contribution in [2.45, 2.75) is 18.7 Å². The predicted molar refractivity (Wildman–Crippen MR) is 73.0 cm³/mol. The van der Waals surface area contributed by atoms with Gasteiger partial charge in [-0.2, -0.15) is 0 Å². The van der Waals surface area contributed by atoms with Crippen molar-refractivity contribution in [1.82, 2.24) is 0 Å². The molecule has 0 heterocycles. The van der Waals surface area contributed by atoms with Crippen LogP contribution in [0, 0.1) is 25.5 Å². The van der Waals surface area contributed by atoms with Crippen molar-refractivity contribution in [3.8, 4) is 0 Å². The highest BCUT2D eigenvalue weighted by molar-refractivity contribution is 9.09. The van der Waals surface area contributed by atoms with E-state index in [2.05, 4.69) is 15.9 Å². The second-order valence-corrected chi connectivity index (χ2v) is 5.29. The quantitative estimate of drug-likeness (QED) is 0.680. The number of rotatable bonds is 2. The normalized spacial score (nSPS) is 12.5. The number of hydrogen-bond donors (Lipinski definition) is 0. The Morgan fingerprint density at radius 2 is 1.67 bits per heavy atom. The fraction of sp³-hybridized carbons (Fsp3) is 0.200. The Morgan fingerprint density at radius 1 is 0.944 bits per heavy atom. The van der Waals surface area contributed by atoms with Crippen LogP contribution in [0.15, 0.2) is 36.4 Å². The molecule has 0 saturated heterocycles. The van der Waals surface area contributed by atoms with E-state index in [1.807, 2.05) is 32.0 Å². The second kappa shape index (κ2) is 5.19. The Balaban J connectivity index is 2.41. The zero-order valence-corrected chi connectivity index (χ0v) is 11.8. The standard InChI is InChI=1S/C15H13BrF2/c1-9-3-4-11(7-10(9)2)15(16)13-6-5-12(17)8-14(13)18/h3-8,15H,1-2H3. The van der Waals surface area contributed by atoms with Gasteiger partial charge in [0.1, 0.15) is 11.6 Å². The van der Waals surface area contributed by atoms with Gasteiger partial charge in [0.25, 0.3) is 0 Å². The molecule has 0 aliphatic carbocycles. The Bertz CT molecular complexity index is 579. The highest BCUT2D eigenvalue weighted by Crippen LogP contribution is 2.33. The minimum atomic E-state index is -0.559. The van der Waals surface area contributed by atoms with Gasteiger partial charge in [-0.05, 0) is 36.6 Å². The first-order valence-electron chi connectivity index (χ1n) is 5.65. The van der Waals surface area contributed by atoms with Gasteiger partial charge in [0.2, 0.25) is 0 Å². The number of hydrogen-bond acceptors (Lipinski definition) is 0. The number of alkyl halides is 1. The van der Waals surface area contributed by atoms with Crippen LogP contribution in [0.25, 0.3) is 0 Å². The van der Waals surface area contributed by atoms with Crippen molar-refractivity contribution in [2.75, 3.05) is 0 Å². The molecule has 2 rings (SSSR count). The highest BCUT2D eigenvalue weighted by atomic mass is 79.9. The molecular weight excluding hydrogens is 298 g/mol. The molecule has 94 valence electrons. The summed E-state index contributed by atoms with van der Waals surface area (Å²) in [4.78, 5) is -0.266. The molecule has 0 amide bonds. The molecule has 0 bridgehead atoms. The fourth-order valence-corrected chi connectivity index (χ4v) is 2.46. The average molecular weight is 311 g/mol. The maximum absolute atomic E-state index is 13.7. The summed E-state index contributed by atoms with van der Waals surface area (Å²) in [6, 6.07) is 9.61. The van der Waals surface area contributed by atoms with E-state index < -0.39 is 11.6 Å². The molecule has 0 saturated carbocycles. The van der Waals surface area contributed by atoms with Gasteiger partial charge in [-0.3, -0.25) is 0 Å². The fourth-order valence-electron chi connectivity index (χ4n) is 1.81. The van der Waals surface area contributed by atoms with E-state index in [0.29, 0.717) is 5.56 Å². The molecule has 0 radical (unpaired) electrons. The minimum Gasteiger partial charge on any atom is -0.207 e. The lowest BCUT2D eigenvalue weighted by molar-refractivity contribution is 0.574. The topological polar surface area (TPSA) is 0 Å². The molecule has 0 fully saturated rings. The largest absolute Gasteiger partial charge is 0.207 e. The molecule has 18 heavy (non-hydrogen) atoms. The summed E-state index contributed by atoms with van der Waals surface area (Å²) in [6.07, 6.45) is 0. The Hall–Kier alpha value is -1.22. The van der Waals surface area contributed by atoms with Crippen molar-refractivity contribution >= 4 is 15.9 Å². The first-order chi connectivity index (χ1) is 8.49. The summed E-state index contributed by atoms with van der Waals surface area (Å²) in [5, 5.41) is 0. The lowest BCUT2D eigenvalue weighted by atomic mass is 10.00. The molecule has 2 aromatic carbocycles.